The zero-order chi connectivity index (χ0) is 12.3. The standard InChI is InChI=1S/C6H10O2P.C6H12O/c1-6(2)3-4-7-9-8-5-6;1-2-3-4-5-6-7/h3-4H,5H2,1-2H3;6H,2-5H2,1H3. The molecule has 0 bridgehead atoms. The van der Waals surface area contributed by atoms with E-state index in [2.05, 4.69) is 20.8 Å². The maximum Gasteiger partial charge on any atom is 0.329 e. The predicted molar refractivity (Wildman–Crippen MR) is 67.1 cm³/mol. The van der Waals surface area contributed by atoms with Gasteiger partial charge in [-0.1, -0.05) is 33.6 Å². The molecular formula is C12H22O3P. The van der Waals surface area contributed by atoms with Crippen LogP contribution in [0.2, 0.25) is 0 Å². The maximum absolute atomic E-state index is 9.68. The predicted octanol–water partition coefficient (Wildman–Crippen LogP) is 4.11. The molecule has 0 aromatic carbocycles. The number of carbonyl (C=O) groups is 1. The van der Waals surface area contributed by atoms with Crippen molar-refractivity contribution in [2.24, 2.45) is 5.41 Å². The van der Waals surface area contributed by atoms with Crippen molar-refractivity contribution in [1.82, 2.24) is 0 Å². The summed E-state index contributed by atoms with van der Waals surface area (Å²) in [6.45, 7) is 7.07. The van der Waals surface area contributed by atoms with E-state index in [1.165, 1.54) is 12.8 Å². The SMILES string of the molecule is CC1(C)C=CO[P]OC1.CCCCCC=O. The fourth-order valence-electron chi connectivity index (χ4n) is 0.988. The number of carbonyl (C=O) groups excluding carboxylic acids is 1. The lowest BCUT2D eigenvalue weighted by molar-refractivity contribution is -0.107. The third kappa shape index (κ3) is 10.1. The van der Waals surface area contributed by atoms with Crippen LogP contribution in [-0.2, 0) is 13.8 Å². The first kappa shape index (κ1) is 15.6. The minimum absolute atomic E-state index is 0.128. The fraction of sp³-hybridized carbons (Fsp3) is 0.750. The van der Waals surface area contributed by atoms with E-state index in [4.69, 9.17) is 9.05 Å². The van der Waals surface area contributed by atoms with Gasteiger partial charge < -0.3 is 13.8 Å². The Bertz CT molecular complexity index is 202. The van der Waals surface area contributed by atoms with E-state index < -0.39 is 0 Å². The van der Waals surface area contributed by atoms with E-state index >= 15 is 0 Å². The van der Waals surface area contributed by atoms with Crippen molar-refractivity contribution in [2.45, 2.75) is 46.5 Å². The summed E-state index contributed by atoms with van der Waals surface area (Å²) in [6.07, 6.45) is 8.89. The van der Waals surface area contributed by atoms with E-state index in [0.717, 1.165) is 25.7 Å². The molecule has 0 saturated carbocycles. The molecule has 1 heterocycles. The van der Waals surface area contributed by atoms with Gasteiger partial charge in [0.15, 0.2) is 0 Å². The van der Waals surface area contributed by atoms with Gasteiger partial charge >= 0.3 is 9.03 Å². The van der Waals surface area contributed by atoms with E-state index in [1.807, 2.05) is 6.08 Å². The molecule has 0 amide bonds. The van der Waals surface area contributed by atoms with Gasteiger partial charge in [-0.3, -0.25) is 0 Å². The first-order valence-electron chi connectivity index (χ1n) is 5.72. The first-order valence-corrected chi connectivity index (χ1v) is 6.45. The molecule has 16 heavy (non-hydrogen) atoms. The molecule has 0 aromatic rings. The zero-order valence-corrected chi connectivity index (χ0v) is 11.3. The van der Waals surface area contributed by atoms with E-state index in [9.17, 15) is 4.79 Å². The lowest BCUT2D eigenvalue weighted by Crippen LogP contribution is -2.12. The van der Waals surface area contributed by atoms with E-state index in [0.29, 0.717) is 9.03 Å². The topological polar surface area (TPSA) is 35.5 Å². The van der Waals surface area contributed by atoms with E-state index in [1.54, 1.807) is 6.26 Å². The highest BCUT2D eigenvalue weighted by Crippen LogP contribution is 2.27. The average molecular weight is 245 g/mol. The summed E-state index contributed by atoms with van der Waals surface area (Å²) < 4.78 is 10.00. The molecule has 0 atom stereocenters. The molecule has 0 aromatic heterocycles. The quantitative estimate of drug-likeness (QED) is 0.424. The number of rotatable bonds is 4. The highest BCUT2D eigenvalue weighted by molar-refractivity contribution is 7.26. The van der Waals surface area contributed by atoms with Crippen LogP contribution in [0.15, 0.2) is 12.3 Å². The van der Waals surface area contributed by atoms with Crippen LogP contribution >= 0.6 is 9.03 Å². The van der Waals surface area contributed by atoms with Crippen molar-refractivity contribution in [2.75, 3.05) is 6.61 Å². The molecule has 1 aliphatic heterocycles. The second kappa shape index (κ2) is 9.80. The van der Waals surface area contributed by atoms with Gasteiger partial charge in [-0.25, -0.2) is 0 Å². The molecule has 0 fully saturated rings. The third-order valence-corrected chi connectivity index (χ3v) is 2.48. The lowest BCUT2D eigenvalue weighted by atomic mass is 9.95. The summed E-state index contributed by atoms with van der Waals surface area (Å²) in [5.74, 6) is 0. The molecule has 3 nitrogen and oxygen atoms in total. The van der Waals surface area contributed by atoms with Gasteiger partial charge in [-0.2, -0.15) is 0 Å². The normalized spacial score (nSPS) is 19.2. The Hall–Kier alpha value is -0.400. The van der Waals surface area contributed by atoms with Crippen LogP contribution in [0.4, 0.5) is 0 Å². The number of aldehydes is 1. The summed E-state index contributed by atoms with van der Waals surface area (Å²) in [5.41, 5.74) is 0.128. The van der Waals surface area contributed by atoms with Gasteiger partial charge in [0.2, 0.25) is 0 Å². The first-order chi connectivity index (χ1) is 7.62. The Labute approximate surface area is 101 Å². The molecule has 0 saturated heterocycles. The summed E-state index contributed by atoms with van der Waals surface area (Å²) >= 11 is 0. The smallest absolute Gasteiger partial charge is 0.329 e. The number of hydrogen-bond donors (Lipinski definition) is 0. The molecule has 0 unspecified atom stereocenters. The monoisotopic (exact) mass is 245 g/mol. The summed E-state index contributed by atoms with van der Waals surface area (Å²) in [4.78, 5) is 9.68. The molecule has 0 spiro atoms. The van der Waals surface area contributed by atoms with Crippen LogP contribution < -0.4 is 0 Å². The minimum atomic E-state index is 0.128. The Morgan fingerprint density at radius 2 is 2.19 bits per heavy atom. The molecule has 0 N–H and O–H groups in total. The number of hydrogen-bond acceptors (Lipinski definition) is 3. The molecule has 1 radical (unpaired) electrons. The number of unbranched alkanes of at least 4 members (excludes halogenated alkanes) is 3. The highest BCUT2D eigenvalue weighted by Gasteiger charge is 2.16. The van der Waals surface area contributed by atoms with Crippen LogP contribution in [0.5, 0.6) is 0 Å². The van der Waals surface area contributed by atoms with Crippen molar-refractivity contribution in [3.63, 3.8) is 0 Å². The lowest BCUT2D eigenvalue weighted by Gasteiger charge is -2.14. The van der Waals surface area contributed by atoms with Crippen molar-refractivity contribution >= 4 is 15.3 Å². The van der Waals surface area contributed by atoms with Gasteiger partial charge in [-0.15, -0.1) is 0 Å². The Morgan fingerprint density at radius 1 is 1.44 bits per heavy atom. The third-order valence-electron chi connectivity index (χ3n) is 2.04. The second-order valence-corrected chi connectivity index (χ2v) is 5.03. The Kier molecular flexibility index (Phi) is 9.55. The maximum atomic E-state index is 9.68. The van der Waals surface area contributed by atoms with Crippen LogP contribution in [0, 0.1) is 5.41 Å². The zero-order valence-electron chi connectivity index (χ0n) is 10.4. The summed E-state index contributed by atoms with van der Waals surface area (Å²) in [6, 6.07) is 0. The molecule has 1 aliphatic rings. The van der Waals surface area contributed by atoms with Crippen LogP contribution in [0.3, 0.4) is 0 Å². The van der Waals surface area contributed by atoms with Gasteiger partial charge in [-0.05, 0) is 12.5 Å². The summed E-state index contributed by atoms with van der Waals surface area (Å²) in [5, 5.41) is 0. The largest absolute Gasteiger partial charge is 0.449 e. The van der Waals surface area contributed by atoms with Crippen LogP contribution in [0.25, 0.3) is 0 Å². The van der Waals surface area contributed by atoms with Gasteiger partial charge in [0.1, 0.15) is 6.29 Å². The second-order valence-electron chi connectivity index (χ2n) is 4.41. The van der Waals surface area contributed by atoms with E-state index in [-0.39, 0.29) is 5.41 Å². The summed E-state index contributed by atoms with van der Waals surface area (Å²) in [7, 11) is 0.603. The van der Waals surface area contributed by atoms with Crippen molar-refractivity contribution in [3.05, 3.63) is 12.3 Å². The average Bonchev–Trinajstić information content (AvgIpc) is 2.44. The molecule has 93 valence electrons. The molecule has 4 heteroatoms. The van der Waals surface area contributed by atoms with Gasteiger partial charge in [0.05, 0.1) is 12.9 Å². The Balaban J connectivity index is 0.000000293. The van der Waals surface area contributed by atoms with Crippen LogP contribution in [0.1, 0.15) is 46.5 Å². The van der Waals surface area contributed by atoms with Crippen molar-refractivity contribution in [3.8, 4) is 0 Å². The van der Waals surface area contributed by atoms with Crippen molar-refractivity contribution in [1.29, 1.82) is 0 Å². The van der Waals surface area contributed by atoms with Gasteiger partial charge in [0, 0.05) is 11.8 Å². The Morgan fingerprint density at radius 3 is 2.81 bits per heavy atom. The molecular weight excluding hydrogens is 223 g/mol. The molecule has 0 aliphatic carbocycles. The fourth-order valence-corrected chi connectivity index (χ4v) is 1.55. The molecule has 1 rings (SSSR count). The van der Waals surface area contributed by atoms with Gasteiger partial charge in [0.25, 0.3) is 0 Å². The minimum Gasteiger partial charge on any atom is -0.449 e. The highest BCUT2D eigenvalue weighted by atomic mass is 31.1. The van der Waals surface area contributed by atoms with Crippen molar-refractivity contribution < 1.29 is 13.8 Å². The van der Waals surface area contributed by atoms with Crippen LogP contribution in [-0.4, -0.2) is 12.9 Å².